The molecule has 1 unspecified atom stereocenters. The van der Waals surface area contributed by atoms with Crippen LogP contribution >= 0.6 is 0 Å². The van der Waals surface area contributed by atoms with E-state index in [0.717, 1.165) is 0 Å². The Bertz CT molecular complexity index is 398. The van der Waals surface area contributed by atoms with Crippen molar-refractivity contribution in [2.75, 3.05) is 19.8 Å². The van der Waals surface area contributed by atoms with Gasteiger partial charge in [0.15, 0.2) is 12.4 Å². The molecular weight excluding hydrogens is 282 g/mol. The van der Waals surface area contributed by atoms with E-state index < -0.39 is 54.6 Å². The van der Waals surface area contributed by atoms with Crippen LogP contribution in [0.4, 0.5) is 0 Å². The fourth-order valence-corrected chi connectivity index (χ4v) is 0.995. The number of carbonyl (C=O) groups is 3. The average molecular weight is 305 g/mol. The first-order valence-electron chi connectivity index (χ1n) is 6.38. The molecule has 0 heterocycles. The maximum atomic E-state index is 11.9. The zero-order valence-electron chi connectivity index (χ0n) is 12.7. The van der Waals surface area contributed by atoms with Crippen molar-refractivity contribution in [1.82, 2.24) is 0 Å². The Labute approximate surface area is 123 Å². The van der Waals surface area contributed by atoms with Crippen LogP contribution in [0.15, 0.2) is 0 Å². The largest absolute Gasteiger partial charge is 0.456 e. The topological polar surface area (TPSA) is 136 Å². The standard InChI is InChI=1S/C13H23NO7/c1-12(2,19)9(16)7-21-13(3,4)10(17)6-20-11(18)8(14)5-15/h8,15,19H,5-7,14H2,1-4H3. The van der Waals surface area contributed by atoms with Gasteiger partial charge in [0.1, 0.15) is 23.9 Å². The molecule has 0 radical (unpaired) electrons. The lowest BCUT2D eigenvalue weighted by Crippen LogP contribution is -2.44. The number of hydrogen-bond acceptors (Lipinski definition) is 8. The predicted molar refractivity (Wildman–Crippen MR) is 72.4 cm³/mol. The van der Waals surface area contributed by atoms with E-state index in [4.69, 9.17) is 15.6 Å². The summed E-state index contributed by atoms with van der Waals surface area (Å²) in [5.74, 6) is -2.07. The molecule has 0 saturated carbocycles. The molecule has 21 heavy (non-hydrogen) atoms. The van der Waals surface area contributed by atoms with Gasteiger partial charge in [-0.3, -0.25) is 14.4 Å². The summed E-state index contributed by atoms with van der Waals surface area (Å²) in [5, 5.41) is 18.1. The molecule has 0 fully saturated rings. The second kappa shape index (κ2) is 7.60. The van der Waals surface area contributed by atoms with Crippen LogP contribution in [0.3, 0.4) is 0 Å². The minimum absolute atomic E-state index is 0.452. The third-order valence-electron chi connectivity index (χ3n) is 2.76. The molecule has 1 atom stereocenters. The normalized spacial score (nSPS) is 13.7. The molecular formula is C13H23NO7. The molecule has 0 rings (SSSR count). The fourth-order valence-electron chi connectivity index (χ4n) is 0.995. The molecule has 0 aromatic heterocycles. The lowest BCUT2D eigenvalue weighted by molar-refractivity contribution is -0.160. The van der Waals surface area contributed by atoms with Gasteiger partial charge in [-0.2, -0.15) is 0 Å². The minimum Gasteiger partial charge on any atom is -0.456 e. The monoisotopic (exact) mass is 305 g/mol. The summed E-state index contributed by atoms with van der Waals surface area (Å²) in [6.45, 7) is 3.81. The molecule has 0 amide bonds. The number of carbonyl (C=O) groups excluding carboxylic acids is 3. The van der Waals surface area contributed by atoms with Crippen molar-refractivity contribution in [3.63, 3.8) is 0 Å². The number of ether oxygens (including phenoxy) is 2. The summed E-state index contributed by atoms with van der Waals surface area (Å²) < 4.78 is 9.80. The van der Waals surface area contributed by atoms with Gasteiger partial charge < -0.3 is 25.4 Å². The van der Waals surface area contributed by atoms with E-state index in [2.05, 4.69) is 4.74 Å². The van der Waals surface area contributed by atoms with Crippen molar-refractivity contribution in [3.05, 3.63) is 0 Å². The van der Waals surface area contributed by atoms with Gasteiger partial charge in [0.2, 0.25) is 5.78 Å². The minimum atomic E-state index is -1.56. The van der Waals surface area contributed by atoms with Crippen LogP contribution in [0, 0.1) is 0 Å². The molecule has 0 spiro atoms. The van der Waals surface area contributed by atoms with Gasteiger partial charge in [-0.15, -0.1) is 0 Å². The molecule has 0 saturated heterocycles. The van der Waals surface area contributed by atoms with Crippen LogP contribution in [-0.4, -0.2) is 64.8 Å². The Morgan fingerprint density at radius 1 is 1.10 bits per heavy atom. The summed E-state index contributed by atoms with van der Waals surface area (Å²) in [6.07, 6.45) is 0. The zero-order valence-corrected chi connectivity index (χ0v) is 12.7. The summed E-state index contributed by atoms with van der Waals surface area (Å²) >= 11 is 0. The third kappa shape index (κ3) is 6.76. The molecule has 122 valence electrons. The Morgan fingerprint density at radius 3 is 2.05 bits per heavy atom. The maximum Gasteiger partial charge on any atom is 0.325 e. The molecule has 0 aromatic rings. The van der Waals surface area contributed by atoms with Gasteiger partial charge in [0.05, 0.1) is 6.61 Å². The Morgan fingerprint density at radius 2 is 1.62 bits per heavy atom. The second-order valence-corrected chi connectivity index (χ2v) is 5.60. The van der Waals surface area contributed by atoms with Gasteiger partial charge in [-0.25, -0.2) is 0 Å². The van der Waals surface area contributed by atoms with E-state index in [1.54, 1.807) is 0 Å². The third-order valence-corrected chi connectivity index (χ3v) is 2.76. The van der Waals surface area contributed by atoms with Crippen LogP contribution in [0.1, 0.15) is 27.7 Å². The smallest absolute Gasteiger partial charge is 0.325 e. The Balaban J connectivity index is 4.41. The number of aliphatic hydroxyl groups is 2. The molecule has 8 heteroatoms. The lowest BCUT2D eigenvalue weighted by Gasteiger charge is -2.25. The van der Waals surface area contributed by atoms with Crippen molar-refractivity contribution in [1.29, 1.82) is 0 Å². The highest BCUT2D eigenvalue weighted by Crippen LogP contribution is 2.13. The average Bonchev–Trinajstić information content (AvgIpc) is 2.39. The number of ketones is 2. The summed E-state index contributed by atoms with van der Waals surface area (Å²) in [6, 6.07) is -1.21. The SMILES string of the molecule is CC(C)(O)C(=O)COC(C)(C)C(=O)COC(=O)C(N)CO. The second-order valence-electron chi connectivity index (χ2n) is 5.60. The molecule has 4 N–H and O–H groups in total. The van der Waals surface area contributed by atoms with Crippen LogP contribution in [0.25, 0.3) is 0 Å². The van der Waals surface area contributed by atoms with Gasteiger partial charge in [0.25, 0.3) is 0 Å². The highest BCUT2D eigenvalue weighted by atomic mass is 16.5. The number of Topliss-reactive ketones (excluding diaryl/α,β-unsaturated/α-hetero) is 2. The van der Waals surface area contributed by atoms with E-state index in [1.165, 1.54) is 27.7 Å². The van der Waals surface area contributed by atoms with Crippen molar-refractivity contribution in [2.24, 2.45) is 5.73 Å². The van der Waals surface area contributed by atoms with E-state index in [0.29, 0.717) is 0 Å². The molecule has 0 aliphatic heterocycles. The highest BCUT2D eigenvalue weighted by Gasteiger charge is 2.33. The van der Waals surface area contributed by atoms with E-state index in [1.807, 2.05) is 0 Å². The summed E-state index contributed by atoms with van der Waals surface area (Å²) in [7, 11) is 0. The van der Waals surface area contributed by atoms with Crippen LogP contribution in [-0.2, 0) is 23.9 Å². The van der Waals surface area contributed by atoms with Crippen LogP contribution in [0.5, 0.6) is 0 Å². The molecule has 0 aromatic carbocycles. The number of hydrogen-bond donors (Lipinski definition) is 3. The van der Waals surface area contributed by atoms with E-state index >= 15 is 0 Å². The van der Waals surface area contributed by atoms with Crippen molar-refractivity contribution in [2.45, 2.75) is 44.9 Å². The molecule has 0 bridgehead atoms. The highest BCUT2D eigenvalue weighted by molar-refractivity contribution is 5.91. The zero-order chi connectivity index (χ0) is 16.8. The first-order valence-corrected chi connectivity index (χ1v) is 6.38. The molecule has 8 nitrogen and oxygen atoms in total. The van der Waals surface area contributed by atoms with Crippen molar-refractivity contribution < 1.29 is 34.1 Å². The number of rotatable bonds is 9. The maximum absolute atomic E-state index is 11.9. The fraction of sp³-hybridized carbons (Fsp3) is 0.769. The molecule has 0 aliphatic carbocycles. The first-order chi connectivity index (χ1) is 9.41. The van der Waals surface area contributed by atoms with Crippen LogP contribution in [0.2, 0.25) is 0 Å². The first kappa shape index (κ1) is 19.7. The van der Waals surface area contributed by atoms with Crippen molar-refractivity contribution >= 4 is 17.5 Å². The molecule has 0 aliphatic rings. The lowest BCUT2D eigenvalue weighted by atomic mass is 10.0. The van der Waals surface area contributed by atoms with Gasteiger partial charge in [-0.1, -0.05) is 0 Å². The number of nitrogens with two attached hydrogens (primary N) is 1. The number of esters is 1. The van der Waals surface area contributed by atoms with Gasteiger partial charge in [-0.05, 0) is 27.7 Å². The Hall–Kier alpha value is -1.35. The van der Waals surface area contributed by atoms with E-state index in [9.17, 15) is 19.5 Å². The Kier molecular flexibility index (Phi) is 7.11. The van der Waals surface area contributed by atoms with Gasteiger partial charge >= 0.3 is 5.97 Å². The predicted octanol–water partition coefficient (Wildman–Crippen LogP) is -1.45. The van der Waals surface area contributed by atoms with Crippen LogP contribution < -0.4 is 5.73 Å². The number of aliphatic hydroxyl groups excluding tert-OH is 1. The van der Waals surface area contributed by atoms with E-state index in [-0.39, 0.29) is 0 Å². The van der Waals surface area contributed by atoms with Gasteiger partial charge in [0, 0.05) is 0 Å². The summed E-state index contributed by atoms with van der Waals surface area (Å²) in [5.41, 5.74) is 2.29. The van der Waals surface area contributed by atoms with Crippen molar-refractivity contribution in [3.8, 4) is 0 Å². The quantitative estimate of drug-likeness (QED) is 0.440. The summed E-state index contributed by atoms with van der Waals surface area (Å²) in [4.78, 5) is 34.6.